The second kappa shape index (κ2) is 25.3. The molecule has 0 spiro atoms. The topological polar surface area (TPSA) is 278 Å². The highest BCUT2D eigenvalue weighted by molar-refractivity contribution is 7.50. The maximum atomic E-state index is 13.7. The van der Waals surface area contributed by atoms with E-state index >= 15 is 0 Å². The fraction of sp³-hybridized carbons (Fsp3) is 0.422. The molecule has 2 aliphatic heterocycles. The smallest absolute Gasteiger partial charge is 0.415 e. The summed E-state index contributed by atoms with van der Waals surface area (Å²) in [5.41, 5.74) is 11.7. The van der Waals surface area contributed by atoms with Crippen LogP contribution in [0.1, 0.15) is 40.7 Å². The van der Waals surface area contributed by atoms with Crippen LogP contribution >= 0.6 is 19.3 Å². The summed E-state index contributed by atoms with van der Waals surface area (Å²) in [4.78, 5) is 80.5. The molecule has 2 fully saturated rings. The predicted octanol–water partition coefficient (Wildman–Crippen LogP) is 6.51. The van der Waals surface area contributed by atoms with Crippen molar-refractivity contribution in [3.05, 3.63) is 111 Å². The van der Waals surface area contributed by atoms with Gasteiger partial charge < -0.3 is 49.5 Å². The molecule has 0 bridgehead atoms. The van der Waals surface area contributed by atoms with Crippen molar-refractivity contribution in [1.82, 2.24) is 29.8 Å². The Morgan fingerprint density at radius 3 is 2.36 bits per heavy atom. The van der Waals surface area contributed by atoms with Gasteiger partial charge in [-0.05, 0) is 92.1 Å². The molecule has 23 nitrogen and oxygen atoms in total. The number of nitrogens with one attached hydrogen (secondary N) is 2. The van der Waals surface area contributed by atoms with Gasteiger partial charge in [0, 0.05) is 81.2 Å². The molecule has 6 rings (SSSR count). The van der Waals surface area contributed by atoms with Crippen molar-refractivity contribution in [2.45, 2.75) is 44.6 Å². The molecule has 1 aromatic heterocycles. The van der Waals surface area contributed by atoms with E-state index < -0.39 is 44.5 Å². The number of aliphatic carboxylic acids is 1. The Morgan fingerprint density at radius 1 is 1.00 bits per heavy atom. The largest absolute Gasteiger partial charge is 0.480 e. The van der Waals surface area contributed by atoms with Gasteiger partial charge in [0.15, 0.2) is 5.82 Å². The Kier molecular flexibility index (Phi) is 19.1. The molecule has 3 amide bonds. The van der Waals surface area contributed by atoms with Crippen molar-refractivity contribution in [1.29, 1.82) is 0 Å². The van der Waals surface area contributed by atoms with Gasteiger partial charge in [-0.2, -0.15) is 4.98 Å². The van der Waals surface area contributed by atoms with Gasteiger partial charge in [-0.15, -0.1) is 0 Å². The number of piperazine rings is 1. The number of benzene rings is 3. The Morgan fingerprint density at radius 2 is 1.70 bits per heavy atom. The maximum Gasteiger partial charge on any atom is 0.415 e. The molecule has 0 radical (unpaired) electrons. The molecule has 2 saturated heterocycles. The van der Waals surface area contributed by atoms with E-state index in [9.17, 15) is 33.7 Å². The quantitative estimate of drug-likeness (QED) is 0.0283. The number of hydrogen-bond acceptors (Lipinski definition) is 15. The SMILES string of the molecule is CN1CCN(c2ccc(Nc3ncc(Cl)c(N(CC4CCCO4)C(=O)OCc4ccc(OC(=O)N(C)CCN(C)P(=O)(O)OCC[C@H](NC(=O)c5ccc(CN=[N+]=[N-])cc5)C(=O)O)cc4)n3)cc2)CC1. The first-order valence-corrected chi connectivity index (χ1v) is 24.2. The lowest BCUT2D eigenvalue weighted by molar-refractivity contribution is -0.139. The minimum Gasteiger partial charge on any atom is -0.480 e. The molecule has 0 saturated carbocycles. The number of aromatic nitrogens is 2. The van der Waals surface area contributed by atoms with Crippen LogP contribution in [-0.2, 0) is 36.5 Å². The number of hydrogen-bond donors (Lipinski definition) is 4. The van der Waals surface area contributed by atoms with Gasteiger partial charge in [-0.3, -0.25) is 14.2 Å². The van der Waals surface area contributed by atoms with Crippen LogP contribution in [0.4, 0.5) is 32.7 Å². The number of carbonyl (C=O) groups excluding carboxylic acids is 3. The first kappa shape index (κ1) is 52.8. The van der Waals surface area contributed by atoms with Gasteiger partial charge in [0.2, 0.25) is 5.95 Å². The van der Waals surface area contributed by atoms with E-state index in [1.54, 1.807) is 24.3 Å². The lowest BCUT2D eigenvalue weighted by Gasteiger charge is -2.34. The summed E-state index contributed by atoms with van der Waals surface area (Å²) in [6.45, 7) is 3.84. The molecule has 25 heteroatoms. The van der Waals surface area contributed by atoms with Crippen LogP contribution in [0, 0.1) is 0 Å². The molecular formula is C45H56ClN12O11P. The number of rotatable bonds is 22. The lowest BCUT2D eigenvalue weighted by atomic mass is 10.1. The predicted molar refractivity (Wildman–Crippen MR) is 259 cm³/mol. The van der Waals surface area contributed by atoms with Crippen molar-refractivity contribution in [2.75, 3.05) is 95.3 Å². The van der Waals surface area contributed by atoms with Gasteiger partial charge in [0.25, 0.3) is 5.91 Å². The third-order valence-electron chi connectivity index (χ3n) is 11.4. The summed E-state index contributed by atoms with van der Waals surface area (Å²) in [6, 6.07) is 18.8. The monoisotopic (exact) mass is 1010 g/mol. The number of amides is 3. The van der Waals surface area contributed by atoms with Crippen LogP contribution in [0.15, 0.2) is 84.1 Å². The third-order valence-corrected chi connectivity index (χ3v) is 13.2. The van der Waals surface area contributed by atoms with E-state index in [-0.39, 0.29) is 73.4 Å². The highest BCUT2D eigenvalue weighted by Crippen LogP contribution is 2.45. The van der Waals surface area contributed by atoms with Gasteiger partial charge in [0.1, 0.15) is 23.4 Å². The first-order valence-electron chi connectivity index (χ1n) is 22.3. The first-order chi connectivity index (χ1) is 33.6. The molecule has 4 N–H and O–H groups in total. The molecule has 4 aromatic rings. The summed E-state index contributed by atoms with van der Waals surface area (Å²) >= 11 is 6.61. The third kappa shape index (κ3) is 15.5. The average Bonchev–Trinajstić information content (AvgIpc) is 3.88. The van der Waals surface area contributed by atoms with Crippen LogP contribution in [0.3, 0.4) is 0 Å². The molecular weight excluding hydrogens is 951 g/mol. The van der Waals surface area contributed by atoms with E-state index in [1.165, 1.54) is 54.4 Å². The molecule has 3 heterocycles. The number of nitrogens with zero attached hydrogens (tertiary/aromatic N) is 10. The second-order valence-corrected chi connectivity index (χ2v) is 18.8. The zero-order chi connectivity index (χ0) is 50.2. The van der Waals surface area contributed by atoms with E-state index in [2.05, 4.69) is 47.5 Å². The number of azide groups is 1. The zero-order valence-electron chi connectivity index (χ0n) is 38.9. The number of ether oxygens (including phenoxy) is 3. The Bertz CT molecular complexity index is 2510. The van der Waals surface area contributed by atoms with Gasteiger partial charge in [-0.25, -0.2) is 28.6 Å². The van der Waals surface area contributed by atoms with E-state index in [0.29, 0.717) is 17.7 Å². The van der Waals surface area contributed by atoms with Gasteiger partial charge >= 0.3 is 25.9 Å². The number of anilines is 4. The maximum absolute atomic E-state index is 13.7. The Labute approximate surface area is 409 Å². The fourth-order valence-corrected chi connectivity index (χ4v) is 8.20. The highest BCUT2D eigenvalue weighted by atomic mass is 35.5. The molecule has 2 unspecified atom stereocenters. The van der Waals surface area contributed by atoms with Crippen LogP contribution in [-0.4, -0.2) is 151 Å². The molecule has 374 valence electrons. The lowest BCUT2D eigenvalue weighted by Crippen LogP contribution is -2.44. The molecule has 3 atom stereocenters. The molecule has 2 aliphatic rings. The molecule has 0 aliphatic carbocycles. The van der Waals surface area contributed by atoms with E-state index in [1.807, 2.05) is 24.3 Å². The summed E-state index contributed by atoms with van der Waals surface area (Å²) < 4.78 is 36.1. The summed E-state index contributed by atoms with van der Waals surface area (Å²) in [5.74, 6) is -1.51. The number of halogens is 1. The van der Waals surface area contributed by atoms with Crippen molar-refractivity contribution in [3.8, 4) is 5.75 Å². The number of carboxylic acids is 1. The van der Waals surface area contributed by atoms with Crippen molar-refractivity contribution < 1.29 is 52.5 Å². The number of carbonyl (C=O) groups is 4. The van der Waals surface area contributed by atoms with Crippen molar-refractivity contribution in [3.63, 3.8) is 0 Å². The Balaban J connectivity index is 0.957. The van der Waals surface area contributed by atoms with E-state index in [4.69, 9.17) is 35.9 Å². The van der Waals surface area contributed by atoms with Crippen LogP contribution in [0.25, 0.3) is 10.4 Å². The molecule has 3 aromatic carbocycles. The van der Waals surface area contributed by atoms with Gasteiger partial charge in [-0.1, -0.05) is 41.0 Å². The standard InChI is InChI=1S/C45H56ClN12O11P/c1-54-19-23-57(24-20-54)35-14-12-34(13-15-35)50-43-48-28-38(46)40(52-43)58(29-37-5-4-25-66-37)45(63)67-30-32-8-16-36(17-9-32)69-44(62)55(2)21-22-56(3)70(64,65)68-26-18-39(42(60)61)51-41(59)33-10-6-31(7-11-33)27-49-53-47/h6-17,28,37,39H,4-5,18-27,29-30H2,1-3H3,(H,51,59)(H,60,61)(H,64,65)(H,48,50,52)/t37?,39-/m0/s1. The summed E-state index contributed by atoms with van der Waals surface area (Å²) in [5, 5.41) is 18.8. The number of carboxylic acid groups (broad SMARTS) is 1. The zero-order valence-corrected chi connectivity index (χ0v) is 40.6. The molecule has 70 heavy (non-hydrogen) atoms. The second-order valence-electron chi connectivity index (χ2n) is 16.5. The fourth-order valence-electron chi connectivity index (χ4n) is 7.13. The Hall–Kier alpha value is -6.55. The number of likely N-dealkylation sites (N-methyl/N-ethyl adjacent to an activating group) is 3. The summed E-state index contributed by atoms with van der Waals surface area (Å²) in [7, 11) is 0.384. The van der Waals surface area contributed by atoms with Crippen LogP contribution in [0.5, 0.6) is 5.75 Å². The minimum atomic E-state index is -4.45. The van der Waals surface area contributed by atoms with Crippen LogP contribution < -0.4 is 25.2 Å². The van der Waals surface area contributed by atoms with Crippen molar-refractivity contribution in [2.24, 2.45) is 5.11 Å². The van der Waals surface area contributed by atoms with Gasteiger partial charge in [0.05, 0.1) is 32.0 Å². The van der Waals surface area contributed by atoms with Crippen molar-refractivity contribution >= 4 is 66.6 Å². The highest BCUT2D eigenvalue weighted by Gasteiger charge is 2.30. The summed E-state index contributed by atoms with van der Waals surface area (Å²) in [6.07, 6.45) is 0.934. The van der Waals surface area contributed by atoms with E-state index in [0.717, 1.165) is 55.1 Å². The normalized spacial score (nSPS) is 16.1. The average molecular weight is 1010 g/mol. The van der Waals surface area contributed by atoms with Crippen LogP contribution in [0.2, 0.25) is 5.02 Å². The minimum absolute atomic E-state index is 0.0622.